The monoisotopic (exact) mass is 321 g/mol. The molecule has 1 heterocycles. The molecule has 2 N–H and O–H groups in total. The number of aromatic nitrogens is 1. The fourth-order valence-electron chi connectivity index (χ4n) is 2.10. The second-order valence-electron chi connectivity index (χ2n) is 4.27. The third-order valence-corrected chi connectivity index (χ3v) is 4.72. The molecular weight excluding hydrogens is 313 g/mol. The van der Waals surface area contributed by atoms with Crippen molar-refractivity contribution in [2.75, 3.05) is 5.73 Å². The molecule has 1 saturated carbocycles. The van der Waals surface area contributed by atoms with Crippen molar-refractivity contribution in [1.29, 1.82) is 5.26 Å². The van der Waals surface area contributed by atoms with E-state index in [1.165, 1.54) is 11.3 Å². The SMILES string of the molecule is N#CSc1cc(OC#P=O)c2nc(N)sc2c1C1CC1. The van der Waals surface area contributed by atoms with Crippen molar-refractivity contribution in [1.82, 2.24) is 4.98 Å². The molecule has 3 rings (SSSR count). The molecule has 1 aromatic carbocycles. The number of hydrogen-bond donors (Lipinski definition) is 1. The van der Waals surface area contributed by atoms with E-state index in [4.69, 9.17) is 15.7 Å². The van der Waals surface area contributed by atoms with Crippen molar-refractivity contribution >= 4 is 46.4 Å². The molecule has 0 saturated heterocycles. The van der Waals surface area contributed by atoms with Crippen molar-refractivity contribution in [3.05, 3.63) is 11.6 Å². The molecule has 2 aromatic rings. The molecule has 1 aliphatic rings. The summed E-state index contributed by atoms with van der Waals surface area (Å²) < 4.78 is 16.6. The molecule has 0 atom stereocenters. The summed E-state index contributed by atoms with van der Waals surface area (Å²) >= 11 is 2.49. The van der Waals surface area contributed by atoms with Gasteiger partial charge in [0.15, 0.2) is 0 Å². The number of thiocyanates is 1. The van der Waals surface area contributed by atoms with Crippen LogP contribution in [-0.2, 0) is 4.57 Å². The summed E-state index contributed by atoms with van der Waals surface area (Å²) in [6.07, 6.45) is 2.23. The number of anilines is 1. The molecule has 5 nitrogen and oxygen atoms in total. The van der Waals surface area contributed by atoms with Crippen LogP contribution in [0.3, 0.4) is 0 Å². The first-order valence-electron chi connectivity index (χ1n) is 5.77. The minimum atomic E-state index is -0.341. The van der Waals surface area contributed by atoms with Crippen molar-refractivity contribution in [3.8, 4) is 17.0 Å². The molecule has 1 aliphatic carbocycles. The second kappa shape index (κ2) is 5.51. The van der Waals surface area contributed by atoms with Crippen molar-refractivity contribution in [2.45, 2.75) is 23.7 Å². The first-order valence-corrected chi connectivity index (χ1v) is 8.22. The quantitative estimate of drug-likeness (QED) is 0.523. The maximum atomic E-state index is 10.5. The van der Waals surface area contributed by atoms with Crippen LogP contribution >= 0.6 is 31.0 Å². The predicted molar refractivity (Wildman–Crippen MR) is 79.6 cm³/mol. The van der Waals surface area contributed by atoms with E-state index < -0.39 is 0 Å². The number of nitrogens with zero attached hydrogens (tertiary/aromatic N) is 2. The Balaban J connectivity index is 2.28. The topological polar surface area (TPSA) is 89.0 Å². The summed E-state index contributed by atoms with van der Waals surface area (Å²) in [7, 11) is -0.341. The number of ether oxygens (including phenoxy) is 1. The number of nitrogens with two attached hydrogens (primary N) is 1. The van der Waals surface area contributed by atoms with Crippen LogP contribution in [0.25, 0.3) is 10.2 Å². The normalized spacial score (nSPS) is 13.8. The van der Waals surface area contributed by atoms with Crippen LogP contribution in [0.15, 0.2) is 11.0 Å². The summed E-state index contributed by atoms with van der Waals surface area (Å²) in [4.78, 5) is 5.12. The van der Waals surface area contributed by atoms with Crippen LogP contribution in [0, 0.1) is 16.5 Å². The van der Waals surface area contributed by atoms with Gasteiger partial charge in [-0.05, 0) is 0 Å². The molecule has 100 valence electrons. The van der Waals surface area contributed by atoms with E-state index in [1.807, 2.05) is 0 Å². The van der Waals surface area contributed by atoms with Gasteiger partial charge in [0.25, 0.3) is 0 Å². The Hall–Kier alpha value is -1.44. The Morgan fingerprint density at radius 2 is 2.40 bits per heavy atom. The Labute approximate surface area is 124 Å². The zero-order chi connectivity index (χ0) is 14.1. The van der Waals surface area contributed by atoms with Gasteiger partial charge in [-0.25, -0.2) is 0 Å². The molecule has 1 aromatic heterocycles. The van der Waals surface area contributed by atoms with Gasteiger partial charge in [0.2, 0.25) is 0 Å². The van der Waals surface area contributed by atoms with E-state index in [-0.39, 0.29) is 7.92 Å². The van der Waals surface area contributed by atoms with Gasteiger partial charge in [0, 0.05) is 0 Å². The molecule has 0 amide bonds. The third kappa shape index (κ3) is 2.44. The van der Waals surface area contributed by atoms with Crippen LogP contribution in [0.4, 0.5) is 5.13 Å². The zero-order valence-corrected chi connectivity index (χ0v) is 12.6. The fourth-order valence-corrected chi connectivity index (χ4v) is 3.92. The van der Waals surface area contributed by atoms with Crippen LogP contribution in [0.1, 0.15) is 24.3 Å². The van der Waals surface area contributed by atoms with E-state index in [9.17, 15) is 4.57 Å². The minimum absolute atomic E-state index is 0.341. The van der Waals surface area contributed by atoms with Gasteiger partial charge < -0.3 is 0 Å². The molecule has 20 heavy (non-hydrogen) atoms. The van der Waals surface area contributed by atoms with Gasteiger partial charge in [-0.3, -0.25) is 0 Å². The summed E-state index contributed by atoms with van der Waals surface area (Å²) in [5, 5.41) is 11.5. The summed E-state index contributed by atoms with van der Waals surface area (Å²) in [5.74, 6) is 3.14. The molecule has 0 bridgehead atoms. The van der Waals surface area contributed by atoms with Gasteiger partial charge >= 0.3 is 124 Å². The Morgan fingerprint density at radius 1 is 1.60 bits per heavy atom. The third-order valence-electron chi connectivity index (χ3n) is 2.98. The molecule has 0 radical (unpaired) electrons. The zero-order valence-electron chi connectivity index (χ0n) is 10.1. The van der Waals surface area contributed by atoms with Gasteiger partial charge in [0.1, 0.15) is 0 Å². The number of thiazole rings is 1. The molecule has 1 fully saturated rings. The van der Waals surface area contributed by atoms with Crippen molar-refractivity contribution in [2.24, 2.45) is 0 Å². The molecule has 0 spiro atoms. The fraction of sp³-hybridized carbons (Fsp3) is 0.250. The van der Waals surface area contributed by atoms with E-state index in [1.54, 1.807) is 6.07 Å². The van der Waals surface area contributed by atoms with Gasteiger partial charge in [-0.1, -0.05) is 0 Å². The van der Waals surface area contributed by atoms with Crippen LogP contribution in [0.2, 0.25) is 0 Å². The summed E-state index contributed by atoms with van der Waals surface area (Å²) in [6.45, 7) is 0. The van der Waals surface area contributed by atoms with Crippen molar-refractivity contribution in [3.63, 3.8) is 0 Å². The average molecular weight is 321 g/mol. The molecule has 0 aliphatic heterocycles. The number of benzene rings is 1. The van der Waals surface area contributed by atoms with E-state index >= 15 is 0 Å². The first-order chi connectivity index (χ1) is 9.74. The van der Waals surface area contributed by atoms with E-state index in [0.29, 0.717) is 22.3 Å². The molecule has 0 unspecified atom stereocenters. The first kappa shape index (κ1) is 13.5. The predicted octanol–water partition coefficient (Wildman–Crippen LogP) is 3.92. The average Bonchev–Trinajstić information content (AvgIpc) is 3.17. The maximum absolute atomic E-state index is 10.5. The second-order valence-corrected chi connectivity index (χ2v) is 6.49. The standard InChI is InChI=1S/C12H8N3O2PS2/c13-4-19-8-3-7(17-5-18-16)10-11(20-12(14)15-10)9(8)6-1-2-6/h3,6H,1-2H2,(H2,14,15). The number of rotatable bonds is 3. The summed E-state index contributed by atoms with van der Waals surface area (Å²) in [5.41, 5.74) is 7.58. The van der Waals surface area contributed by atoms with Gasteiger partial charge in [0.05, 0.1) is 0 Å². The van der Waals surface area contributed by atoms with Crippen molar-refractivity contribution < 1.29 is 9.30 Å². The number of nitriles is 1. The van der Waals surface area contributed by atoms with Crippen LogP contribution in [-0.4, -0.2) is 4.98 Å². The summed E-state index contributed by atoms with van der Waals surface area (Å²) in [6, 6.07) is 1.75. The number of nitrogen functional groups attached to an aromatic ring is 1. The molecular formula is C12H8N3O2PS2. The Morgan fingerprint density at radius 3 is 3.05 bits per heavy atom. The van der Waals surface area contributed by atoms with E-state index in [2.05, 4.69) is 16.2 Å². The Kier molecular flexibility index (Phi) is 3.73. The number of thioether (sulfide) groups is 1. The van der Waals surface area contributed by atoms with Gasteiger partial charge in [-0.15, -0.1) is 0 Å². The molecule has 8 heteroatoms. The van der Waals surface area contributed by atoms with Crippen LogP contribution < -0.4 is 10.5 Å². The van der Waals surface area contributed by atoms with E-state index in [0.717, 1.165) is 39.8 Å². The van der Waals surface area contributed by atoms with Gasteiger partial charge in [-0.2, -0.15) is 0 Å². The van der Waals surface area contributed by atoms with Crippen LogP contribution in [0.5, 0.6) is 5.75 Å². The number of fused-ring (bicyclic) bond motifs is 1. The Bertz CT molecular complexity index is 833. The number of hydrogen-bond acceptors (Lipinski definition) is 7.